The molecule has 0 saturated heterocycles. The van der Waals surface area contributed by atoms with Gasteiger partial charge in [-0.25, -0.2) is 0 Å². The van der Waals surface area contributed by atoms with Crippen LogP contribution in [-0.4, -0.2) is 31.6 Å². The van der Waals surface area contributed by atoms with Crippen molar-refractivity contribution >= 4 is 16.1 Å². The fourth-order valence-electron chi connectivity index (χ4n) is 1.91. The van der Waals surface area contributed by atoms with E-state index in [1.54, 1.807) is 12.1 Å². The van der Waals surface area contributed by atoms with E-state index < -0.39 is 22.1 Å². The number of hydrogen-bond donors (Lipinski definition) is 2. The smallest absolute Gasteiger partial charge is 0.323 e. The van der Waals surface area contributed by atoms with E-state index in [2.05, 4.69) is 6.58 Å². The molecule has 3 N–H and O–H groups in total. The first-order valence-electron chi connectivity index (χ1n) is 7.85. The number of rotatable bonds is 6. The zero-order valence-electron chi connectivity index (χ0n) is 14.5. The van der Waals surface area contributed by atoms with Gasteiger partial charge in [0.1, 0.15) is 12.6 Å². The maximum atomic E-state index is 11.3. The summed E-state index contributed by atoms with van der Waals surface area (Å²) in [4.78, 5) is 11.2. The van der Waals surface area contributed by atoms with Crippen molar-refractivity contribution < 1.29 is 22.5 Å². The summed E-state index contributed by atoms with van der Waals surface area (Å²) in [6.07, 6.45) is 2.02. The third-order valence-corrected chi connectivity index (χ3v) is 4.13. The van der Waals surface area contributed by atoms with E-state index in [0.717, 1.165) is 11.1 Å². The largest absolute Gasteiger partial charge is 0.460 e. The molecule has 0 unspecified atom stereocenters. The van der Waals surface area contributed by atoms with Crippen LogP contribution in [-0.2, 0) is 26.1 Å². The highest BCUT2D eigenvalue weighted by atomic mass is 32.2. The van der Waals surface area contributed by atoms with Crippen LogP contribution in [0.4, 0.5) is 0 Å². The Kier molecular flexibility index (Phi) is 8.71. The molecular formula is C19H23NO5S. The number of aryl methyl sites for hydroxylation is 1. The van der Waals surface area contributed by atoms with Crippen LogP contribution in [0, 0.1) is 6.92 Å². The minimum Gasteiger partial charge on any atom is -0.460 e. The van der Waals surface area contributed by atoms with Gasteiger partial charge in [-0.1, -0.05) is 60.7 Å². The Balaban J connectivity index is 0.000000273. The summed E-state index contributed by atoms with van der Waals surface area (Å²) < 4.78 is 34.4. The summed E-state index contributed by atoms with van der Waals surface area (Å²) in [5.74, 6) is -0.390. The highest BCUT2D eigenvalue weighted by Gasteiger charge is 2.14. The molecule has 0 spiro atoms. The van der Waals surface area contributed by atoms with Gasteiger partial charge in [-0.05, 0) is 31.0 Å². The molecular weight excluding hydrogens is 354 g/mol. The molecule has 2 rings (SSSR count). The molecule has 140 valence electrons. The van der Waals surface area contributed by atoms with Crippen molar-refractivity contribution in [3.05, 3.63) is 78.4 Å². The fourth-order valence-corrected chi connectivity index (χ4v) is 2.39. The summed E-state index contributed by atoms with van der Waals surface area (Å²) >= 11 is 0. The summed E-state index contributed by atoms with van der Waals surface area (Å²) in [5.41, 5.74) is 7.67. The molecule has 2 aromatic carbocycles. The molecule has 7 heteroatoms. The Morgan fingerprint density at radius 2 is 1.77 bits per heavy atom. The monoisotopic (exact) mass is 377 g/mol. The lowest BCUT2D eigenvalue weighted by Gasteiger charge is -2.10. The molecule has 0 aliphatic carbocycles. The molecule has 26 heavy (non-hydrogen) atoms. The van der Waals surface area contributed by atoms with Crippen LogP contribution in [0.3, 0.4) is 0 Å². The van der Waals surface area contributed by atoms with Crippen molar-refractivity contribution in [3.8, 4) is 0 Å². The first-order valence-corrected chi connectivity index (χ1v) is 9.29. The summed E-state index contributed by atoms with van der Waals surface area (Å²) in [7, 11) is -4.02. The van der Waals surface area contributed by atoms with Crippen molar-refractivity contribution in [1.29, 1.82) is 0 Å². The molecule has 6 nitrogen and oxygen atoms in total. The third-order valence-electron chi connectivity index (χ3n) is 3.26. The average molecular weight is 377 g/mol. The standard InChI is InChI=1S/C12H15NO2.C7H8O3S/c1-2-8-15-12(14)11(13)9-10-6-4-3-5-7-10;1-6-2-4-7(5-3-6)11(8,9)10/h2-7,11H,1,8-9,13H2;2-5H,1H3,(H,8,9,10)/t11-;/m0./s1. The number of nitrogens with two attached hydrogens (primary N) is 1. The van der Waals surface area contributed by atoms with Gasteiger partial charge < -0.3 is 10.5 Å². The molecule has 0 amide bonds. The lowest BCUT2D eigenvalue weighted by molar-refractivity contribution is -0.143. The van der Waals surface area contributed by atoms with E-state index in [0.29, 0.717) is 6.42 Å². The van der Waals surface area contributed by atoms with E-state index in [1.165, 1.54) is 18.2 Å². The van der Waals surface area contributed by atoms with Crippen LogP contribution in [0.5, 0.6) is 0 Å². The normalized spacial score (nSPS) is 11.7. The Morgan fingerprint density at radius 3 is 2.27 bits per heavy atom. The van der Waals surface area contributed by atoms with Crippen molar-refractivity contribution in [1.82, 2.24) is 0 Å². The average Bonchev–Trinajstić information content (AvgIpc) is 2.60. The molecule has 0 bridgehead atoms. The predicted octanol–water partition coefficient (Wildman–Crippen LogP) is 2.53. The van der Waals surface area contributed by atoms with E-state index in [4.69, 9.17) is 15.0 Å². The zero-order valence-corrected chi connectivity index (χ0v) is 15.4. The summed E-state index contributed by atoms with van der Waals surface area (Å²) in [6.45, 7) is 5.51. The molecule has 0 saturated carbocycles. The van der Waals surface area contributed by atoms with Crippen molar-refractivity contribution in [2.45, 2.75) is 24.3 Å². The van der Waals surface area contributed by atoms with Crippen LogP contribution in [0.15, 0.2) is 72.1 Å². The predicted molar refractivity (Wildman–Crippen MR) is 100 cm³/mol. The SMILES string of the molecule is C=CCOC(=O)[C@@H](N)Cc1ccccc1.Cc1ccc(S(=O)(=O)O)cc1. The number of benzene rings is 2. The molecule has 0 aromatic heterocycles. The van der Waals surface area contributed by atoms with E-state index >= 15 is 0 Å². The van der Waals surface area contributed by atoms with Crippen LogP contribution < -0.4 is 5.73 Å². The highest BCUT2D eigenvalue weighted by molar-refractivity contribution is 7.85. The molecule has 0 radical (unpaired) electrons. The van der Waals surface area contributed by atoms with E-state index in [1.807, 2.05) is 37.3 Å². The molecule has 0 aliphatic heterocycles. The van der Waals surface area contributed by atoms with E-state index in [9.17, 15) is 13.2 Å². The van der Waals surface area contributed by atoms with Gasteiger partial charge in [0.05, 0.1) is 4.90 Å². The number of hydrogen-bond acceptors (Lipinski definition) is 5. The van der Waals surface area contributed by atoms with Gasteiger partial charge in [-0.3, -0.25) is 9.35 Å². The maximum absolute atomic E-state index is 11.3. The maximum Gasteiger partial charge on any atom is 0.323 e. The van der Waals surface area contributed by atoms with Crippen LogP contribution in [0.25, 0.3) is 0 Å². The Morgan fingerprint density at radius 1 is 1.19 bits per heavy atom. The second-order valence-corrected chi connectivity index (χ2v) is 6.92. The topological polar surface area (TPSA) is 107 Å². The minimum absolute atomic E-state index is 0.0666. The van der Waals surface area contributed by atoms with Crippen molar-refractivity contribution in [2.75, 3.05) is 6.61 Å². The minimum atomic E-state index is -4.02. The zero-order chi connectivity index (χ0) is 19.6. The lowest BCUT2D eigenvalue weighted by atomic mass is 10.1. The third kappa shape index (κ3) is 8.06. The van der Waals surface area contributed by atoms with Crippen LogP contribution >= 0.6 is 0 Å². The molecule has 0 fully saturated rings. The van der Waals surface area contributed by atoms with Gasteiger partial charge >= 0.3 is 5.97 Å². The molecule has 1 atom stereocenters. The highest BCUT2D eigenvalue weighted by Crippen LogP contribution is 2.08. The number of carbonyl (C=O) groups is 1. The van der Waals surface area contributed by atoms with Gasteiger partial charge in [0, 0.05) is 0 Å². The number of ether oxygens (including phenoxy) is 1. The van der Waals surface area contributed by atoms with Crippen LogP contribution in [0.2, 0.25) is 0 Å². The molecule has 0 aliphatic rings. The van der Waals surface area contributed by atoms with Gasteiger partial charge in [0.2, 0.25) is 0 Å². The summed E-state index contributed by atoms with van der Waals surface area (Å²) in [5, 5.41) is 0. The van der Waals surface area contributed by atoms with Gasteiger partial charge in [0.15, 0.2) is 0 Å². The second kappa shape index (κ2) is 10.5. The Bertz CT molecular complexity index is 802. The number of carbonyl (C=O) groups excluding carboxylic acids is 1. The Labute approximate surface area is 154 Å². The Hall–Kier alpha value is -2.48. The first kappa shape index (κ1) is 21.6. The van der Waals surface area contributed by atoms with Crippen molar-refractivity contribution in [3.63, 3.8) is 0 Å². The second-order valence-electron chi connectivity index (χ2n) is 5.50. The van der Waals surface area contributed by atoms with Gasteiger partial charge in [0.25, 0.3) is 10.1 Å². The lowest BCUT2D eigenvalue weighted by Crippen LogP contribution is -2.34. The summed E-state index contributed by atoms with van der Waals surface area (Å²) in [6, 6.07) is 15.0. The van der Waals surface area contributed by atoms with Crippen LogP contribution in [0.1, 0.15) is 11.1 Å². The quantitative estimate of drug-likeness (QED) is 0.455. The fraction of sp³-hybridized carbons (Fsp3) is 0.211. The molecule has 2 aromatic rings. The molecule has 0 heterocycles. The first-order chi connectivity index (χ1) is 12.2. The van der Waals surface area contributed by atoms with E-state index in [-0.39, 0.29) is 11.5 Å². The van der Waals surface area contributed by atoms with Gasteiger partial charge in [-0.2, -0.15) is 8.42 Å². The number of esters is 1. The van der Waals surface area contributed by atoms with Crippen molar-refractivity contribution in [2.24, 2.45) is 5.73 Å². The van der Waals surface area contributed by atoms with Gasteiger partial charge in [-0.15, -0.1) is 0 Å².